The van der Waals surface area contributed by atoms with Crippen LogP contribution in [0.5, 0.6) is 11.5 Å². The first-order chi connectivity index (χ1) is 8.99. The number of benzene rings is 1. The van der Waals surface area contributed by atoms with Gasteiger partial charge in [0, 0.05) is 12.1 Å². The molecule has 1 aromatic rings. The number of ether oxygens (including phenoxy) is 2. The fraction of sp³-hybridized carbons (Fsp3) is 0.462. The standard InChI is InChI=1S/C13H18BrNO4/c1-4-19-12-10(14)5-9(6-11(12)18-3)13(17)15-7-8(2)16/h5-6,8,16H,4,7H2,1-3H3,(H,15,17). The second kappa shape index (κ2) is 7.35. The fourth-order valence-electron chi connectivity index (χ4n) is 1.48. The molecule has 0 aliphatic rings. The molecule has 0 radical (unpaired) electrons. The monoisotopic (exact) mass is 331 g/mol. The van der Waals surface area contributed by atoms with Crippen LogP contribution in [0.4, 0.5) is 0 Å². The van der Waals surface area contributed by atoms with Crippen molar-refractivity contribution < 1.29 is 19.4 Å². The average Bonchev–Trinajstić information content (AvgIpc) is 2.38. The van der Waals surface area contributed by atoms with Gasteiger partial charge >= 0.3 is 0 Å². The highest BCUT2D eigenvalue weighted by molar-refractivity contribution is 9.10. The van der Waals surface area contributed by atoms with Crippen molar-refractivity contribution in [3.05, 3.63) is 22.2 Å². The van der Waals surface area contributed by atoms with Gasteiger partial charge in [0.15, 0.2) is 11.5 Å². The lowest BCUT2D eigenvalue weighted by atomic mass is 10.2. The number of amides is 1. The van der Waals surface area contributed by atoms with Gasteiger partial charge in [-0.1, -0.05) is 0 Å². The van der Waals surface area contributed by atoms with Crippen molar-refractivity contribution in [2.45, 2.75) is 20.0 Å². The molecule has 0 spiro atoms. The molecule has 0 bridgehead atoms. The van der Waals surface area contributed by atoms with Crippen LogP contribution in [0, 0.1) is 0 Å². The highest BCUT2D eigenvalue weighted by Gasteiger charge is 2.15. The summed E-state index contributed by atoms with van der Waals surface area (Å²) >= 11 is 3.35. The van der Waals surface area contributed by atoms with Crippen molar-refractivity contribution >= 4 is 21.8 Å². The highest BCUT2D eigenvalue weighted by atomic mass is 79.9. The van der Waals surface area contributed by atoms with E-state index in [4.69, 9.17) is 14.6 Å². The molecule has 1 rings (SSSR count). The Bertz CT molecular complexity index is 449. The second-order valence-corrected chi connectivity index (χ2v) is 4.84. The first-order valence-electron chi connectivity index (χ1n) is 5.96. The van der Waals surface area contributed by atoms with Crippen LogP contribution in [0.25, 0.3) is 0 Å². The smallest absolute Gasteiger partial charge is 0.251 e. The lowest BCUT2D eigenvalue weighted by Gasteiger charge is -2.13. The van der Waals surface area contributed by atoms with Gasteiger partial charge < -0.3 is 19.9 Å². The third-order valence-electron chi connectivity index (χ3n) is 2.34. The minimum Gasteiger partial charge on any atom is -0.493 e. The first kappa shape index (κ1) is 15.8. The normalized spacial score (nSPS) is 11.8. The van der Waals surface area contributed by atoms with Gasteiger partial charge in [-0.05, 0) is 41.9 Å². The van der Waals surface area contributed by atoms with E-state index in [0.29, 0.717) is 28.1 Å². The topological polar surface area (TPSA) is 67.8 Å². The summed E-state index contributed by atoms with van der Waals surface area (Å²) in [5, 5.41) is 11.8. The Kier molecular flexibility index (Phi) is 6.11. The number of carbonyl (C=O) groups excluding carboxylic acids is 1. The Balaban J connectivity index is 2.97. The van der Waals surface area contributed by atoms with E-state index in [1.807, 2.05) is 6.92 Å². The lowest BCUT2D eigenvalue weighted by Crippen LogP contribution is -2.30. The molecule has 0 saturated carbocycles. The molecule has 1 unspecified atom stereocenters. The number of hydrogen-bond donors (Lipinski definition) is 2. The molecule has 0 fully saturated rings. The third-order valence-corrected chi connectivity index (χ3v) is 2.93. The minimum absolute atomic E-state index is 0.200. The van der Waals surface area contributed by atoms with Gasteiger partial charge in [0.1, 0.15) is 0 Å². The Morgan fingerprint density at radius 1 is 1.53 bits per heavy atom. The van der Waals surface area contributed by atoms with Gasteiger partial charge in [-0.2, -0.15) is 0 Å². The number of aliphatic hydroxyl groups excluding tert-OH is 1. The molecule has 6 heteroatoms. The Hall–Kier alpha value is -1.27. The molecule has 0 aliphatic carbocycles. The number of carbonyl (C=O) groups is 1. The molecule has 1 atom stereocenters. The third kappa shape index (κ3) is 4.40. The molecule has 5 nitrogen and oxygen atoms in total. The van der Waals surface area contributed by atoms with Gasteiger partial charge in [0.2, 0.25) is 0 Å². The van der Waals surface area contributed by atoms with Crippen LogP contribution in [0.1, 0.15) is 24.2 Å². The van der Waals surface area contributed by atoms with Crippen molar-refractivity contribution in [3.8, 4) is 11.5 Å². The zero-order chi connectivity index (χ0) is 14.4. The Morgan fingerprint density at radius 2 is 2.21 bits per heavy atom. The second-order valence-electron chi connectivity index (χ2n) is 3.98. The molecule has 1 amide bonds. The van der Waals surface area contributed by atoms with E-state index in [-0.39, 0.29) is 12.5 Å². The SMILES string of the molecule is CCOc1c(Br)cc(C(=O)NCC(C)O)cc1OC. The predicted octanol–water partition coefficient (Wildman–Crippen LogP) is 1.97. The molecule has 2 N–H and O–H groups in total. The highest BCUT2D eigenvalue weighted by Crippen LogP contribution is 2.36. The Labute approximate surface area is 121 Å². The molecule has 19 heavy (non-hydrogen) atoms. The Morgan fingerprint density at radius 3 is 2.74 bits per heavy atom. The van der Waals surface area contributed by atoms with E-state index in [1.165, 1.54) is 7.11 Å². The number of methoxy groups -OCH3 is 1. The van der Waals surface area contributed by atoms with E-state index >= 15 is 0 Å². The largest absolute Gasteiger partial charge is 0.493 e. The summed E-state index contributed by atoms with van der Waals surface area (Å²) < 4.78 is 11.3. The van der Waals surface area contributed by atoms with Crippen LogP contribution in [-0.2, 0) is 0 Å². The van der Waals surface area contributed by atoms with E-state index in [9.17, 15) is 4.79 Å². The van der Waals surface area contributed by atoms with Crippen LogP contribution < -0.4 is 14.8 Å². The maximum Gasteiger partial charge on any atom is 0.251 e. The molecule has 0 aromatic heterocycles. The minimum atomic E-state index is -0.586. The maximum atomic E-state index is 11.9. The van der Waals surface area contributed by atoms with Gasteiger partial charge in [-0.15, -0.1) is 0 Å². The average molecular weight is 332 g/mol. The summed E-state index contributed by atoms with van der Waals surface area (Å²) in [6.45, 7) is 4.18. The van der Waals surface area contributed by atoms with E-state index in [1.54, 1.807) is 19.1 Å². The van der Waals surface area contributed by atoms with Crippen LogP contribution >= 0.6 is 15.9 Å². The molecular weight excluding hydrogens is 314 g/mol. The summed E-state index contributed by atoms with van der Waals surface area (Å²) in [5.74, 6) is 0.776. The summed E-state index contributed by atoms with van der Waals surface area (Å²) in [7, 11) is 1.52. The predicted molar refractivity (Wildman–Crippen MR) is 75.9 cm³/mol. The van der Waals surface area contributed by atoms with Crippen molar-refractivity contribution in [1.82, 2.24) is 5.32 Å². The van der Waals surface area contributed by atoms with E-state index in [2.05, 4.69) is 21.2 Å². The number of rotatable bonds is 6. The summed E-state index contributed by atoms with van der Waals surface area (Å²) in [5.41, 5.74) is 0.438. The molecule has 0 saturated heterocycles. The van der Waals surface area contributed by atoms with Crippen molar-refractivity contribution in [2.24, 2.45) is 0 Å². The van der Waals surface area contributed by atoms with E-state index in [0.717, 1.165) is 0 Å². The van der Waals surface area contributed by atoms with Gasteiger partial charge in [-0.25, -0.2) is 0 Å². The summed E-state index contributed by atoms with van der Waals surface area (Å²) in [4.78, 5) is 11.9. The van der Waals surface area contributed by atoms with E-state index < -0.39 is 6.10 Å². The van der Waals surface area contributed by atoms with Crippen molar-refractivity contribution in [1.29, 1.82) is 0 Å². The number of nitrogens with one attached hydrogen (secondary N) is 1. The van der Waals surface area contributed by atoms with Crippen molar-refractivity contribution in [2.75, 3.05) is 20.3 Å². The maximum absolute atomic E-state index is 11.9. The zero-order valence-electron chi connectivity index (χ0n) is 11.2. The number of halogens is 1. The summed E-state index contributed by atoms with van der Waals surface area (Å²) in [6, 6.07) is 3.26. The quantitative estimate of drug-likeness (QED) is 0.836. The van der Waals surface area contributed by atoms with Crippen LogP contribution in [0.15, 0.2) is 16.6 Å². The molecule has 1 aromatic carbocycles. The number of hydrogen-bond acceptors (Lipinski definition) is 4. The summed E-state index contributed by atoms with van der Waals surface area (Å²) in [6.07, 6.45) is -0.586. The molecule has 0 aliphatic heterocycles. The number of aliphatic hydroxyl groups is 1. The zero-order valence-corrected chi connectivity index (χ0v) is 12.8. The van der Waals surface area contributed by atoms with Crippen LogP contribution in [0.3, 0.4) is 0 Å². The van der Waals surface area contributed by atoms with Gasteiger partial charge in [0.25, 0.3) is 5.91 Å². The molecule has 0 heterocycles. The van der Waals surface area contributed by atoms with Gasteiger partial charge in [0.05, 0.1) is 24.3 Å². The van der Waals surface area contributed by atoms with Crippen LogP contribution in [-0.4, -0.2) is 37.4 Å². The molecule has 106 valence electrons. The van der Waals surface area contributed by atoms with Gasteiger partial charge in [-0.3, -0.25) is 4.79 Å². The van der Waals surface area contributed by atoms with Crippen LogP contribution in [0.2, 0.25) is 0 Å². The lowest BCUT2D eigenvalue weighted by molar-refractivity contribution is 0.0923. The fourth-order valence-corrected chi connectivity index (χ4v) is 2.03. The van der Waals surface area contributed by atoms with Crippen molar-refractivity contribution in [3.63, 3.8) is 0 Å². The first-order valence-corrected chi connectivity index (χ1v) is 6.75. The molecular formula is C13H18BrNO4.